The maximum Gasteiger partial charge on any atom is 0.237 e. The van der Waals surface area contributed by atoms with Crippen molar-refractivity contribution in [2.75, 3.05) is 13.1 Å². The van der Waals surface area contributed by atoms with Gasteiger partial charge in [-0.2, -0.15) is 0 Å². The lowest BCUT2D eigenvalue weighted by atomic mass is 10.0. The molecule has 1 N–H and O–H groups in total. The summed E-state index contributed by atoms with van der Waals surface area (Å²) in [7, 11) is 0. The number of hydrogen-bond donors (Lipinski definition) is 1. The first-order valence-corrected chi connectivity index (χ1v) is 10.1. The van der Waals surface area contributed by atoms with Crippen molar-refractivity contribution in [2.24, 2.45) is 0 Å². The molecule has 1 atom stereocenters. The van der Waals surface area contributed by atoms with Gasteiger partial charge in [-0.1, -0.05) is 36.8 Å². The first-order valence-electron chi connectivity index (χ1n) is 9.19. The Morgan fingerprint density at radius 3 is 2.92 bits per heavy atom. The highest BCUT2D eigenvalue weighted by Crippen LogP contribution is 2.20. The normalized spacial score (nSPS) is 18.2. The van der Waals surface area contributed by atoms with E-state index in [9.17, 15) is 4.79 Å². The molecule has 4 nitrogen and oxygen atoms in total. The van der Waals surface area contributed by atoms with Gasteiger partial charge in [0.1, 0.15) is 0 Å². The number of amides is 1. The van der Waals surface area contributed by atoms with Crippen molar-refractivity contribution in [3.8, 4) is 0 Å². The van der Waals surface area contributed by atoms with Gasteiger partial charge in [0.05, 0.1) is 11.0 Å². The fourth-order valence-corrected chi connectivity index (χ4v) is 4.20. The molecule has 1 fully saturated rings. The molecule has 25 heavy (non-hydrogen) atoms. The van der Waals surface area contributed by atoms with Crippen molar-refractivity contribution >= 4 is 17.2 Å². The zero-order valence-corrected chi connectivity index (χ0v) is 15.7. The predicted octanol–water partition coefficient (Wildman–Crippen LogP) is 3.56. The third-order valence-corrected chi connectivity index (χ3v) is 5.70. The number of thiazole rings is 1. The molecule has 1 aliphatic rings. The Labute approximate surface area is 154 Å². The van der Waals surface area contributed by atoms with E-state index in [-0.39, 0.29) is 11.9 Å². The number of rotatable bonds is 7. The molecule has 1 aliphatic heterocycles. The number of likely N-dealkylation sites (tertiary alicyclic amines) is 1. The van der Waals surface area contributed by atoms with Crippen LogP contribution in [0, 0.1) is 6.92 Å². The SMILES string of the molecule is Cc1csc(CCCNC(=O)[C@@H]2CCCCN2Cc2ccccc2)n1. The largest absolute Gasteiger partial charge is 0.355 e. The highest BCUT2D eigenvalue weighted by Gasteiger charge is 2.28. The lowest BCUT2D eigenvalue weighted by Crippen LogP contribution is -2.49. The number of nitrogens with zero attached hydrogens (tertiary/aromatic N) is 2. The molecule has 3 rings (SSSR count). The van der Waals surface area contributed by atoms with Crippen LogP contribution in [0.2, 0.25) is 0 Å². The quantitative estimate of drug-likeness (QED) is 0.771. The summed E-state index contributed by atoms with van der Waals surface area (Å²) in [5.41, 5.74) is 2.36. The Morgan fingerprint density at radius 1 is 1.32 bits per heavy atom. The van der Waals surface area contributed by atoms with Crippen LogP contribution in [0.3, 0.4) is 0 Å². The second-order valence-corrected chi connectivity index (χ2v) is 7.69. The Morgan fingerprint density at radius 2 is 2.16 bits per heavy atom. The number of benzene rings is 1. The van der Waals surface area contributed by atoms with Gasteiger partial charge in [0.25, 0.3) is 0 Å². The molecule has 2 heterocycles. The fourth-order valence-electron chi connectivity index (χ4n) is 3.38. The highest BCUT2D eigenvalue weighted by molar-refractivity contribution is 7.09. The highest BCUT2D eigenvalue weighted by atomic mass is 32.1. The summed E-state index contributed by atoms with van der Waals surface area (Å²) >= 11 is 1.71. The molecule has 0 spiro atoms. The van der Waals surface area contributed by atoms with Gasteiger partial charge in [0, 0.05) is 30.6 Å². The second kappa shape index (κ2) is 9.11. The molecular weight excluding hydrogens is 330 g/mol. The van der Waals surface area contributed by atoms with Crippen LogP contribution in [0.25, 0.3) is 0 Å². The van der Waals surface area contributed by atoms with Crippen LogP contribution in [0.5, 0.6) is 0 Å². The zero-order valence-electron chi connectivity index (χ0n) is 14.9. The molecule has 1 saturated heterocycles. The van der Waals surface area contributed by atoms with Crippen LogP contribution in [0.4, 0.5) is 0 Å². The monoisotopic (exact) mass is 357 g/mol. The summed E-state index contributed by atoms with van der Waals surface area (Å²) in [6, 6.07) is 10.5. The minimum absolute atomic E-state index is 0.0102. The minimum atomic E-state index is 0.0102. The molecule has 5 heteroatoms. The van der Waals surface area contributed by atoms with Gasteiger partial charge < -0.3 is 5.32 Å². The Bertz CT molecular complexity index is 671. The topological polar surface area (TPSA) is 45.2 Å². The molecule has 0 aliphatic carbocycles. The van der Waals surface area contributed by atoms with E-state index >= 15 is 0 Å². The van der Waals surface area contributed by atoms with Gasteiger partial charge in [0.2, 0.25) is 5.91 Å². The van der Waals surface area contributed by atoms with E-state index < -0.39 is 0 Å². The van der Waals surface area contributed by atoms with Crippen molar-refractivity contribution in [2.45, 2.75) is 51.6 Å². The summed E-state index contributed by atoms with van der Waals surface area (Å²) in [5, 5.41) is 6.38. The Balaban J connectivity index is 1.47. The van der Waals surface area contributed by atoms with Gasteiger partial charge >= 0.3 is 0 Å². The molecule has 1 amide bonds. The van der Waals surface area contributed by atoms with Gasteiger partial charge in [-0.15, -0.1) is 11.3 Å². The van der Waals surface area contributed by atoms with E-state index in [4.69, 9.17) is 0 Å². The van der Waals surface area contributed by atoms with Crippen molar-refractivity contribution in [3.63, 3.8) is 0 Å². The molecule has 1 aromatic heterocycles. The van der Waals surface area contributed by atoms with Crippen LogP contribution in [-0.2, 0) is 17.8 Å². The number of nitrogens with one attached hydrogen (secondary N) is 1. The van der Waals surface area contributed by atoms with E-state index in [1.807, 2.05) is 13.0 Å². The number of hydrogen-bond acceptors (Lipinski definition) is 4. The zero-order chi connectivity index (χ0) is 17.5. The summed E-state index contributed by atoms with van der Waals surface area (Å²) in [6.45, 7) is 4.61. The molecule has 134 valence electrons. The van der Waals surface area contributed by atoms with Crippen molar-refractivity contribution in [1.29, 1.82) is 0 Å². The molecule has 0 radical (unpaired) electrons. The summed E-state index contributed by atoms with van der Waals surface area (Å²) in [6.07, 6.45) is 5.17. The van der Waals surface area contributed by atoms with Crippen LogP contribution < -0.4 is 5.32 Å². The molecular formula is C20H27N3OS. The Hall–Kier alpha value is -1.72. The minimum Gasteiger partial charge on any atom is -0.355 e. The molecule has 0 unspecified atom stereocenters. The number of carbonyl (C=O) groups is 1. The van der Waals surface area contributed by atoms with E-state index in [0.717, 1.165) is 56.0 Å². The van der Waals surface area contributed by atoms with E-state index in [0.29, 0.717) is 0 Å². The van der Waals surface area contributed by atoms with Gasteiger partial charge in [-0.3, -0.25) is 9.69 Å². The molecule has 2 aromatic rings. The lowest BCUT2D eigenvalue weighted by molar-refractivity contribution is -0.127. The van der Waals surface area contributed by atoms with Crippen LogP contribution in [-0.4, -0.2) is 34.9 Å². The van der Waals surface area contributed by atoms with Crippen molar-refractivity contribution in [1.82, 2.24) is 15.2 Å². The van der Waals surface area contributed by atoms with Crippen LogP contribution in [0.15, 0.2) is 35.7 Å². The summed E-state index contributed by atoms with van der Waals surface area (Å²) < 4.78 is 0. The first-order chi connectivity index (χ1) is 12.2. The summed E-state index contributed by atoms with van der Waals surface area (Å²) in [5.74, 6) is 0.186. The molecule has 1 aromatic carbocycles. The maximum atomic E-state index is 12.6. The van der Waals surface area contributed by atoms with Gasteiger partial charge in [-0.05, 0) is 38.3 Å². The lowest BCUT2D eigenvalue weighted by Gasteiger charge is -2.34. The van der Waals surface area contributed by atoms with E-state index in [2.05, 4.69) is 44.8 Å². The van der Waals surface area contributed by atoms with Gasteiger partial charge in [-0.25, -0.2) is 4.98 Å². The fraction of sp³-hybridized carbons (Fsp3) is 0.500. The number of aromatic nitrogens is 1. The summed E-state index contributed by atoms with van der Waals surface area (Å²) in [4.78, 5) is 19.5. The third kappa shape index (κ3) is 5.38. The first kappa shape index (κ1) is 18.1. The number of carbonyl (C=O) groups excluding carboxylic acids is 1. The average molecular weight is 358 g/mol. The molecule has 0 bridgehead atoms. The van der Waals surface area contributed by atoms with E-state index in [1.165, 1.54) is 12.0 Å². The third-order valence-electron chi connectivity index (χ3n) is 4.68. The van der Waals surface area contributed by atoms with Crippen molar-refractivity contribution in [3.05, 3.63) is 52.0 Å². The Kier molecular flexibility index (Phi) is 6.59. The van der Waals surface area contributed by atoms with Crippen LogP contribution in [0.1, 0.15) is 41.9 Å². The smallest absolute Gasteiger partial charge is 0.237 e. The number of aryl methyl sites for hydroxylation is 2. The number of piperidine rings is 1. The van der Waals surface area contributed by atoms with Crippen LogP contribution >= 0.6 is 11.3 Å². The van der Waals surface area contributed by atoms with E-state index in [1.54, 1.807) is 11.3 Å². The molecule has 0 saturated carbocycles. The van der Waals surface area contributed by atoms with Crippen molar-refractivity contribution < 1.29 is 4.79 Å². The van der Waals surface area contributed by atoms with Gasteiger partial charge in [0.15, 0.2) is 0 Å². The second-order valence-electron chi connectivity index (χ2n) is 6.74. The maximum absolute atomic E-state index is 12.6. The predicted molar refractivity (Wildman–Crippen MR) is 103 cm³/mol. The standard InChI is InChI=1S/C20H27N3OS/c1-16-15-25-19(22-16)11-7-12-21-20(24)18-10-5-6-13-23(18)14-17-8-3-2-4-9-17/h2-4,8-9,15,18H,5-7,10-14H2,1H3,(H,21,24)/t18-/m0/s1. The average Bonchev–Trinajstić information content (AvgIpc) is 3.05.